The van der Waals surface area contributed by atoms with Gasteiger partial charge in [-0.05, 0) is 48.2 Å². The third-order valence-electron chi connectivity index (χ3n) is 5.61. The quantitative estimate of drug-likeness (QED) is 0.372. The summed E-state index contributed by atoms with van der Waals surface area (Å²) >= 11 is 5.96. The predicted octanol–water partition coefficient (Wildman–Crippen LogP) is 3.63. The third-order valence-corrected chi connectivity index (χ3v) is 5.86. The van der Waals surface area contributed by atoms with E-state index in [1.807, 2.05) is 12.1 Å². The highest BCUT2D eigenvalue weighted by molar-refractivity contribution is 6.30. The summed E-state index contributed by atoms with van der Waals surface area (Å²) in [4.78, 5) is 28.5. The molecular weight excluding hydrogens is 468 g/mol. The number of hydrogen-bond acceptors (Lipinski definition) is 5. The Bertz CT molecular complexity index is 1100. The number of benzene rings is 2. The lowest BCUT2D eigenvalue weighted by molar-refractivity contribution is -0.141. The fraction of sp³-hybridized carbons (Fsp3) is 0.346. The first-order chi connectivity index (χ1) is 16.9. The number of amides is 2. The standard InChI is InChI=1S/C26H31ClN4O4/c1-30-18-21(17-29-30)25(26(34)28-16-20-4-9-22(27)10-5-20)31(14-3-15-35-2)24(33)13-8-19-6-11-23(32)12-7-19/h4-7,9-12,17-18,25,32H,3,8,13-16H2,1-2H3,(H,28,34). The summed E-state index contributed by atoms with van der Waals surface area (Å²) < 4.78 is 6.80. The lowest BCUT2D eigenvalue weighted by Gasteiger charge is -2.31. The lowest BCUT2D eigenvalue weighted by Crippen LogP contribution is -2.44. The normalized spacial score (nSPS) is 11.7. The Morgan fingerprint density at radius 2 is 1.83 bits per heavy atom. The minimum atomic E-state index is -0.833. The van der Waals surface area contributed by atoms with Crippen molar-refractivity contribution < 1.29 is 19.4 Å². The first-order valence-corrected chi connectivity index (χ1v) is 11.8. The van der Waals surface area contributed by atoms with E-state index in [0.29, 0.717) is 43.1 Å². The molecule has 2 amide bonds. The average molecular weight is 499 g/mol. The van der Waals surface area contributed by atoms with E-state index in [1.165, 1.54) is 0 Å². The summed E-state index contributed by atoms with van der Waals surface area (Å²) in [5, 5.41) is 17.3. The first kappa shape index (κ1) is 26.2. The van der Waals surface area contributed by atoms with Crippen molar-refractivity contribution in [1.82, 2.24) is 20.0 Å². The molecule has 3 rings (SSSR count). The molecule has 0 spiro atoms. The van der Waals surface area contributed by atoms with Crippen LogP contribution in [-0.4, -0.2) is 51.9 Å². The minimum Gasteiger partial charge on any atom is -0.508 e. The molecular formula is C26H31ClN4O4. The van der Waals surface area contributed by atoms with Crippen LogP contribution in [0.3, 0.4) is 0 Å². The van der Waals surface area contributed by atoms with Gasteiger partial charge in [0, 0.05) is 57.1 Å². The van der Waals surface area contributed by atoms with Crippen LogP contribution >= 0.6 is 11.6 Å². The molecule has 0 aliphatic carbocycles. The number of methoxy groups -OCH3 is 1. The summed E-state index contributed by atoms with van der Waals surface area (Å²) in [6.07, 6.45) is 4.67. The number of phenols is 1. The zero-order chi connectivity index (χ0) is 25.2. The van der Waals surface area contributed by atoms with Crippen LogP contribution in [0, 0.1) is 0 Å². The number of nitrogens with one attached hydrogen (secondary N) is 1. The van der Waals surface area contributed by atoms with E-state index in [9.17, 15) is 14.7 Å². The van der Waals surface area contributed by atoms with E-state index in [0.717, 1.165) is 11.1 Å². The van der Waals surface area contributed by atoms with Crippen molar-refractivity contribution in [2.75, 3.05) is 20.3 Å². The Balaban J connectivity index is 1.80. The summed E-state index contributed by atoms with van der Waals surface area (Å²) in [6, 6.07) is 13.2. The Labute approximate surface area is 210 Å². The second-order valence-electron chi connectivity index (χ2n) is 8.29. The molecule has 0 aliphatic rings. The van der Waals surface area contributed by atoms with Gasteiger partial charge < -0.3 is 20.1 Å². The molecule has 2 aromatic carbocycles. The number of nitrogens with zero attached hydrogens (tertiary/aromatic N) is 3. The molecule has 1 heterocycles. The fourth-order valence-electron chi connectivity index (χ4n) is 3.78. The van der Waals surface area contributed by atoms with Gasteiger partial charge in [0.05, 0.1) is 6.20 Å². The van der Waals surface area contributed by atoms with Crippen LogP contribution in [-0.2, 0) is 34.3 Å². The molecule has 1 unspecified atom stereocenters. The highest BCUT2D eigenvalue weighted by atomic mass is 35.5. The highest BCUT2D eigenvalue weighted by Crippen LogP contribution is 2.23. The summed E-state index contributed by atoms with van der Waals surface area (Å²) in [7, 11) is 3.38. The number of halogens is 1. The van der Waals surface area contributed by atoms with Crippen LogP contribution in [0.15, 0.2) is 60.9 Å². The number of rotatable bonds is 12. The molecule has 35 heavy (non-hydrogen) atoms. The van der Waals surface area contributed by atoms with Crippen molar-refractivity contribution in [3.8, 4) is 5.75 Å². The van der Waals surface area contributed by atoms with Gasteiger partial charge in [0.2, 0.25) is 11.8 Å². The molecule has 0 fully saturated rings. The van der Waals surface area contributed by atoms with Crippen LogP contribution < -0.4 is 5.32 Å². The smallest absolute Gasteiger partial charge is 0.247 e. The van der Waals surface area contributed by atoms with E-state index >= 15 is 0 Å². The maximum absolute atomic E-state index is 13.5. The topological polar surface area (TPSA) is 96.7 Å². The first-order valence-electron chi connectivity index (χ1n) is 11.4. The van der Waals surface area contributed by atoms with Gasteiger partial charge in [-0.15, -0.1) is 0 Å². The molecule has 3 aromatic rings. The van der Waals surface area contributed by atoms with Crippen molar-refractivity contribution in [3.63, 3.8) is 0 Å². The SMILES string of the molecule is COCCCN(C(=O)CCc1ccc(O)cc1)C(C(=O)NCc1ccc(Cl)cc1)c1cnn(C)c1. The van der Waals surface area contributed by atoms with E-state index in [-0.39, 0.29) is 24.0 Å². The zero-order valence-corrected chi connectivity index (χ0v) is 20.7. The van der Waals surface area contributed by atoms with E-state index in [1.54, 1.807) is 72.5 Å². The maximum Gasteiger partial charge on any atom is 0.247 e. The molecule has 1 aromatic heterocycles. The molecule has 9 heteroatoms. The summed E-state index contributed by atoms with van der Waals surface area (Å²) in [6.45, 7) is 1.13. The van der Waals surface area contributed by atoms with Gasteiger partial charge in [-0.3, -0.25) is 14.3 Å². The van der Waals surface area contributed by atoms with Crippen LogP contribution in [0.2, 0.25) is 5.02 Å². The predicted molar refractivity (Wildman–Crippen MR) is 134 cm³/mol. The van der Waals surface area contributed by atoms with Crippen molar-refractivity contribution in [2.45, 2.75) is 31.8 Å². The van der Waals surface area contributed by atoms with Crippen LogP contribution in [0.25, 0.3) is 0 Å². The average Bonchev–Trinajstić information content (AvgIpc) is 3.28. The number of hydrogen-bond donors (Lipinski definition) is 2. The zero-order valence-electron chi connectivity index (χ0n) is 20.0. The Kier molecular flexibility index (Phi) is 9.69. The monoisotopic (exact) mass is 498 g/mol. The highest BCUT2D eigenvalue weighted by Gasteiger charge is 2.32. The van der Waals surface area contributed by atoms with Gasteiger partial charge >= 0.3 is 0 Å². The molecule has 0 saturated heterocycles. The van der Waals surface area contributed by atoms with E-state index < -0.39 is 6.04 Å². The van der Waals surface area contributed by atoms with Crippen LogP contribution in [0.5, 0.6) is 5.75 Å². The van der Waals surface area contributed by atoms with Gasteiger partial charge in [0.25, 0.3) is 0 Å². The molecule has 2 N–H and O–H groups in total. The van der Waals surface area contributed by atoms with Crippen molar-refractivity contribution >= 4 is 23.4 Å². The summed E-state index contributed by atoms with van der Waals surface area (Å²) in [5.74, 6) is -0.261. The van der Waals surface area contributed by atoms with Gasteiger partial charge in [-0.1, -0.05) is 35.9 Å². The molecule has 0 bridgehead atoms. The Hall–Kier alpha value is -3.36. The minimum absolute atomic E-state index is 0.148. The van der Waals surface area contributed by atoms with Gasteiger partial charge in [-0.2, -0.15) is 5.10 Å². The second-order valence-corrected chi connectivity index (χ2v) is 8.73. The lowest BCUT2D eigenvalue weighted by atomic mass is 10.0. The van der Waals surface area contributed by atoms with Gasteiger partial charge in [-0.25, -0.2) is 0 Å². The second kappa shape index (κ2) is 12.9. The van der Waals surface area contributed by atoms with Crippen molar-refractivity contribution in [1.29, 1.82) is 0 Å². The molecule has 1 atom stereocenters. The number of carbonyl (C=O) groups is 2. The number of aryl methyl sites for hydroxylation is 2. The number of carbonyl (C=O) groups excluding carboxylic acids is 2. The third kappa shape index (κ3) is 7.83. The maximum atomic E-state index is 13.5. The Morgan fingerprint density at radius 1 is 1.14 bits per heavy atom. The number of aromatic nitrogens is 2. The molecule has 186 valence electrons. The Morgan fingerprint density at radius 3 is 2.46 bits per heavy atom. The number of aromatic hydroxyl groups is 1. The molecule has 0 radical (unpaired) electrons. The molecule has 0 aliphatic heterocycles. The summed E-state index contributed by atoms with van der Waals surface area (Å²) in [5.41, 5.74) is 2.46. The van der Waals surface area contributed by atoms with E-state index in [2.05, 4.69) is 10.4 Å². The van der Waals surface area contributed by atoms with Crippen LogP contribution in [0.1, 0.15) is 35.6 Å². The fourth-order valence-corrected chi connectivity index (χ4v) is 3.90. The van der Waals surface area contributed by atoms with E-state index in [4.69, 9.17) is 16.3 Å². The van der Waals surface area contributed by atoms with Crippen molar-refractivity contribution in [2.24, 2.45) is 7.05 Å². The molecule has 8 nitrogen and oxygen atoms in total. The van der Waals surface area contributed by atoms with Gasteiger partial charge in [0.15, 0.2) is 0 Å². The number of ether oxygens (including phenoxy) is 1. The molecule has 0 saturated carbocycles. The number of phenolic OH excluding ortho intramolecular Hbond substituents is 1. The van der Waals surface area contributed by atoms with Crippen molar-refractivity contribution in [3.05, 3.63) is 82.6 Å². The van der Waals surface area contributed by atoms with Crippen LogP contribution in [0.4, 0.5) is 0 Å². The van der Waals surface area contributed by atoms with Gasteiger partial charge in [0.1, 0.15) is 11.8 Å². The largest absolute Gasteiger partial charge is 0.508 e.